The Bertz CT molecular complexity index is 802. The van der Waals surface area contributed by atoms with E-state index in [1.165, 1.54) is 0 Å². The van der Waals surface area contributed by atoms with E-state index in [2.05, 4.69) is 30.6 Å². The summed E-state index contributed by atoms with van der Waals surface area (Å²) in [6.07, 6.45) is 1.09. The molecule has 0 radical (unpaired) electrons. The van der Waals surface area contributed by atoms with Gasteiger partial charge < -0.3 is 0 Å². The van der Waals surface area contributed by atoms with Crippen LogP contribution < -0.4 is 0 Å². The van der Waals surface area contributed by atoms with Crippen LogP contribution in [0, 0.1) is 34.5 Å². The largest absolute Gasteiger partial charge is 0.198 e. The normalized spacial score (nSPS) is 9.00. The molecule has 0 saturated carbocycles. The first-order chi connectivity index (χ1) is 10.7. The monoisotopic (exact) mass is 282 g/mol. The van der Waals surface area contributed by atoms with E-state index in [9.17, 15) is 0 Å². The maximum atomic E-state index is 8.77. The average Bonchev–Trinajstić information content (AvgIpc) is 2.55. The molecule has 0 aromatic heterocycles. The van der Waals surface area contributed by atoms with Crippen LogP contribution in [0.1, 0.15) is 22.3 Å². The first-order valence-electron chi connectivity index (χ1n) is 6.86. The maximum absolute atomic E-state index is 8.77. The molecule has 2 aromatic carbocycles. The lowest BCUT2D eigenvalue weighted by Gasteiger charge is -1.99. The lowest BCUT2D eigenvalue weighted by atomic mass is 10.0. The van der Waals surface area contributed by atoms with Crippen molar-refractivity contribution in [3.05, 3.63) is 82.9 Å². The van der Waals surface area contributed by atoms with E-state index in [0.29, 0.717) is 18.4 Å². The minimum Gasteiger partial charge on any atom is -0.198 e. The summed E-state index contributed by atoms with van der Waals surface area (Å²) in [7, 11) is 0. The zero-order chi connectivity index (χ0) is 15.8. The van der Waals surface area contributed by atoms with Crippen molar-refractivity contribution < 1.29 is 0 Å². The van der Waals surface area contributed by atoms with Gasteiger partial charge >= 0.3 is 0 Å². The quantitative estimate of drug-likeness (QED) is 0.804. The van der Waals surface area contributed by atoms with E-state index in [0.717, 1.165) is 22.3 Å². The Balaban J connectivity index is 2.00. The Hall–Kier alpha value is -3.28. The third kappa shape index (κ3) is 4.38. The topological polar surface area (TPSA) is 47.6 Å². The molecule has 2 aromatic rings. The van der Waals surface area contributed by atoms with E-state index in [4.69, 9.17) is 10.5 Å². The smallest absolute Gasteiger partial charge is 0.0991 e. The molecule has 0 atom stereocenters. The zero-order valence-corrected chi connectivity index (χ0v) is 12.1. The number of nitrogens with zero attached hydrogens (tertiary/aromatic N) is 2. The molecule has 0 aliphatic heterocycles. The maximum Gasteiger partial charge on any atom is 0.0991 e. The second-order valence-electron chi connectivity index (χ2n) is 4.87. The Kier molecular flexibility index (Phi) is 5.15. The van der Waals surface area contributed by atoms with E-state index in [-0.39, 0.29) is 0 Å². The Labute approximate surface area is 131 Å². The predicted molar refractivity (Wildman–Crippen MR) is 86.6 cm³/mol. The number of allylic oxidation sites excluding steroid dienone is 1. The van der Waals surface area contributed by atoms with Gasteiger partial charge in [0.2, 0.25) is 0 Å². The fourth-order valence-corrected chi connectivity index (χ4v) is 1.95. The minimum atomic E-state index is 0.416. The number of nitriles is 2. The molecule has 0 unspecified atom stereocenters. The average molecular weight is 282 g/mol. The van der Waals surface area contributed by atoms with Gasteiger partial charge in [-0.25, -0.2) is 0 Å². The van der Waals surface area contributed by atoms with E-state index < -0.39 is 0 Å². The van der Waals surface area contributed by atoms with Gasteiger partial charge in [-0.2, -0.15) is 10.5 Å². The summed E-state index contributed by atoms with van der Waals surface area (Å²) in [6.45, 7) is 3.97. The molecule has 0 aliphatic rings. The minimum absolute atomic E-state index is 0.416. The molecule has 0 aliphatic carbocycles. The third-order valence-electron chi connectivity index (χ3n) is 3.12. The zero-order valence-electron chi connectivity index (χ0n) is 12.1. The lowest BCUT2D eigenvalue weighted by Crippen LogP contribution is -1.87. The Morgan fingerprint density at radius 2 is 1.45 bits per heavy atom. The van der Waals surface area contributed by atoms with Crippen molar-refractivity contribution in [3.8, 4) is 24.0 Å². The van der Waals surface area contributed by atoms with Crippen molar-refractivity contribution >= 4 is 0 Å². The van der Waals surface area contributed by atoms with Gasteiger partial charge in [0.25, 0.3) is 0 Å². The van der Waals surface area contributed by atoms with Gasteiger partial charge in [0.05, 0.1) is 24.1 Å². The van der Waals surface area contributed by atoms with Gasteiger partial charge in [0.15, 0.2) is 0 Å². The van der Waals surface area contributed by atoms with Crippen molar-refractivity contribution in [3.63, 3.8) is 0 Å². The molecule has 2 rings (SSSR count). The highest BCUT2D eigenvalue weighted by atomic mass is 14.2. The van der Waals surface area contributed by atoms with Gasteiger partial charge in [0, 0.05) is 12.0 Å². The first kappa shape index (κ1) is 15.1. The summed E-state index contributed by atoms with van der Waals surface area (Å²) in [5, 5.41) is 17.4. The summed E-state index contributed by atoms with van der Waals surface area (Å²) in [4.78, 5) is 0. The van der Waals surface area contributed by atoms with Crippen LogP contribution >= 0.6 is 0 Å². The van der Waals surface area contributed by atoms with Gasteiger partial charge in [-0.1, -0.05) is 42.7 Å². The van der Waals surface area contributed by atoms with Crippen molar-refractivity contribution in [2.24, 2.45) is 0 Å². The number of hydrogen-bond donors (Lipinski definition) is 0. The van der Waals surface area contributed by atoms with Crippen LogP contribution in [0.2, 0.25) is 0 Å². The summed E-state index contributed by atoms with van der Waals surface area (Å²) in [5.41, 5.74) is 4.46. The number of benzene rings is 2. The molecule has 0 bridgehead atoms. The second kappa shape index (κ2) is 7.49. The molecule has 104 valence electrons. The van der Waals surface area contributed by atoms with E-state index in [1.54, 1.807) is 12.1 Å². The number of rotatable bonds is 3. The molecule has 0 saturated heterocycles. The third-order valence-corrected chi connectivity index (χ3v) is 3.12. The highest BCUT2D eigenvalue weighted by Crippen LogP contribution is 2.09. The first-order valence-corrected chi connectivity index (χ1v) is 6.86. The van der Waals surface area contributed by atoms with Crippen LogP contribution in [0.25, 0.3) is 0 Å². The van der Waals surface area contributed by atoms with Gasteiger partial charge in [-0.05, 0) is 41.0 Å². The van der Waals surface area contributed by atoms with Crippen LogP contribution in [0.15, 0.2) is 60.7 Å². The predicted octanol–water partition coefficient (Wildman–Crippen LogP) is 3.77. The van der Waals surface area contributed by atoms with Crippen LogP contribution in [-0.2, 0) is 12.8 Å². The molecule has 0 N–H and O–H groups in total. The van der Waals surface area contributed by atoms with Crippen molar-refractivity contribution in [2.45, 2.75) is 12.8 Å². The molecular weight excluding hydrogens is 268 g/mol. The fourth-order valence-electron chi connectivity index (χ4n) is 1.95. The van der Waals surface area contributed by atoms with Crippen molar-refractivity contribution in [1.82, 2.24) is 0 Å². The lowest BCUT2D eigenvalue weighted by molar-refractivity contribution is 1.22. The summed E-state index contributed by atoms with van der Waals surface area (Å²) < 4.78 is 0. The van der Waals surface area contributed by atoms with Crippen LogP contribution in [0.5, 0.6) is 0 Å². The fraction of sp³-hybridized carbons (Fsp3) is 0.100. The van der Waals surface area contributed by atoms with Crippen LogP contribution in [0.4, 0.5) is 0 Å². The molecule has 2 heteroatoms. The van der Waals surface area contributed by atoms with Gasteiger partial charge in [-0.3, -0.25) is 0 Å². The molecule has 0 heterocycles. The van der Waals surface area contributed by atoms with Crippen molar-refractivity contribution in [1.29, 1.82) is 10.5 Å². The molecular formula is C20H14N2. The molecule has 0 amide bonds. The Morgan fingerprint density at radius 1 is 0.864 bits per heavy atom. The SMILES string of the molecule is C=C(C#Cc1ccc(CC#N)cc1)Cc1ccc(C#N)cc1. The summed E-state index contributed by atoms with van der Waals surface area (Å²) >= 11 is 0. The van der Waals surface area contributed by atoms with Crippen molar-refractivity contribution in [2.75, 3.05) is 0 Å². The number of hydrogen-bond acceptors (Lipinski definition) is 2. The van der Waals surface area contributed by atoms with Gasteiger partial charge in [-0.15, -0.1) is 0 Å². The second-order valence-corrected chi connectivity index (χ2v) is 4.87. The highest BCUT2D eigenvalue weighted by Gasteiger charge is 1.96. The molecule has 0 spiro atoms. The molecule has 22 heavy (non-hydrogen) atoms. The van der Waals surface area contributed by atoms with E-state index >= 15 is 0 Å². The summed E-state index contributed by atoms with van der Waals surface area (Å²) in [6, 6.07) is 19.3. The molecule has 0 fully saturated rings. The van der Waals surface area contributed by atoms with Gasteiger partial charge in [0.1, 0.15) is 0 Å². The van der Waals surface area contributed by atoms with Crippen LogP contribution in [-0.4, -0.2) is 0 Å². The standard InChI is InChI=1S/C20H14N2/c1-16(14-19-8-10-20(15-22)11-9-19)2-3-17-4-6-18(7-5-17)12-13-21/h4-11H,1,12,14H2. The van der Waals surface area contributed by atoms with E-state index in [1.807, 2.05) is 36.4 Å². The highest BCUT2D eigenvalue weighted by molar-refractivity contribution is 5.43. The van der Waals surface area contributed by atoms with Crippen LogP contribution in [0.3, 0.4) is 0 Å². The molecule has 2 nitrogen and oxygen atoms in total. The Morgan fingerprint density at radius 3 is 2.05 bits per heavy atom. The summed E-state index contributed by atoms with van der Waals surface area (Å²) in [5.74, 6) is 6.12.